The molecular weight excluding hydrogens is 250 g/mol. The quantitative estimate of drug-likeness (QED) is 0.805. The Morgan fingerprint density at radius 2 is 2.00 bits per heavy atom. The predicted molar refractivity (Wildman–Crippen MR) is 81.8 cm³/mol. The predicted octanol–water partition coefficient (Wildman–Crippen LogP) is 2.97. The standard InChI is InChI=1S/C17H27NO2/c1-13-7-3-6-10-17(13)14(2)18-11-15(19)12-20-16-8-4-5-9-16/h3,6-7,10,14-16,18-19H,4-5,8-9,11-12H2,1-2H3/t14-,15?/m1/s1. The molecule has 1 unspecified atom stereocenters. The first-order valence-corrected chi connectivity index (χ1v) is 7.75. The van der Waals surface area contributed by atoms with Gasteiger partial charge in [-0.15, -0.1) is 0 Å². The molecule has 3 nitrogen and oxygen atoms in total. The Morgan fingerprint density at radius 3 is 2.70 bits per heavy atom. The van der Waals surface area contributed by atoms with E-state index in [0.29, 0.717) is 19.3 Å². The largest absolute Gasteiger partial charge is 0.389 e. The second-order valence-corrected chi connectivity index (χ2v) is 5.88. The van der Waals surface area contributed by atoms with Gasteiger partial charge in [-0.1, -0.05) is 37.1 Å². The Balaban J connectivity index is 1.69. The summed E-state index contributed by atoms with van der Waals surface area (Å²) in [5.74, 6) is 0. The summed E-state index contributed by atoms with van der Waals surface area (Å²) in [6.45, 7) is 5.26. The molecule has 1 aromatic carbocycles. The van der Waals surface area contributed by atoms with Crippen LogP contribution < -0.4 is 5.32 Å². The van der Waals surface area contributed by atoms with Gasteiger partial charge >= 0.3 is 0 Å². The van der Waals surface area contributed by atoms with Crippen molar-refractivity contribution in [2.24, 2.45) is 0 Å². The summed E-state index contributed by atoms with van der Waals surface area (Å²) in [7, 11) is 0. The van der Waals surface area contributed by atoms with Gasteiger partial charge in [-0.3, -0.25) is 0 Å². The van der Waals surface area contributed by atoms with Crippen LogP contribution in [0, 0.1) is 6.92 Å². The van der Waals surface area contributed by atoms with E-state index < -0.39 is 6.10 Å². The van der Waals surface area contributed by atoms with Gasteiger partial charge in [0.25, 0.3) is 0 Å². The van der Waals surface area contributed by atoms with Gasteiger partial charge in [-0.25, -0.2) is 0 Å². The van der Waals surface area contributed by atoms with E-state index in [1.165, 1.54) is 24.0 Å². The zero-order valence-corrected chi connectivity index (χ0v) is 12.6. The van der Waals surface area contributed by atoms with Gasteiger partial charge in [0, 0.05) is 12.6 Å². The molecule has 20 heavy (non-hydrogen) atoms. The van der Waals surface area contributed by atoms with Crippen molar-refractivity contribution >= 4 is 0 Å². The summed E-state index contributed by atoms with van der Waals surface area (Å²) >= 11 is 0. The first-order valence-electron chi connectivity index (χ1n) is 7.75. The van der Waals surface area contributed by atoms with E-state index in [0.717, 1.165) is 12.8 Å². The van der Waals surface area contributed by atoms with E-state index in [-0.39, 0.29) is 6.04 Å². The topological polar surface area (TPSA) is 41.5 Å². The van der Waals surface area contributed by atoms with Gasteiger partial charge in [0.15, 0.2) is 0 Å². The van der Waals surface area contributed by atoms with Gasteiger partial charge in [-0.2, -0.15) is 0 Å². The van der Waals surface area contributed by atoms with Gasteiger partial charge in [0.05, 0.1) is 18.8 Å². The first kappa shape index (κ1) is 15.5. The Bertz CT molecular complexity index is 402. The first-order chi connectivity index (χ1) is 9.66. The van der Waals surface area contributed by atoms with E-state index in [2.05, 4.69) is 43.4 Å². The molecule has 1 fully saturated rings. The van der Waals surface area contributed by atoms with Crippen LogP contribution in [0.4, 0.5) is 0 Å². The summed E-state index contributed by atoms with van der Waals surface area (Å²) in [4.78, 5) is 0. The Morgan fingerprint density at radius 1 is 1.30 bits per heavy atom. The lowest BCUT2D eigenvalue weighted by atomic mass is 10.0. The van der Waals surface area contributed by atoms with Crippen LogP contribution in [0.3, 0.4) is 0 Å². The lowest BCUT2D eigenvalue weighted by molar-refractivity contribution is -0.00610. The molecule has 1 saturated carbocycles. The highest BCUT2D eigenvalue weighted by Crippen LogP contribution is 2.21. The molecule has 2 N–H and O–H groups in total. The summed E-state index contributed by atoms with van der Waals surface area (Å²) in [5, 5.41) is 13.4. The van der Waals surface area contributed by atoms with Crippen LogP contribution in [-0.4, -0.2) is 30.5 Å². The third-order valence-corrected chi connectivity index (χ3v) is 4.14. The molecule has 0 amide bonds. The van der Waals surface area contributed by atoms with E-state index >= 15 is 0 Å². The summed E-state index contributed by atoms with van der Waals surface area (Å²) < 4.78 is 5.74. The molecule has 1 aliphatic rings. The molecule has 1 aliphatic carbocycles. The highest BCUT2D eigenvalue weighted by molar-refractivity contribution is 5.28. The van der Waals surface area contributed by atoms with Gasteiger partial charge in [0.2, 0.25) is 0 Å². The second kappa shape index (κ2) is 7.77. The minimum Gasteiger partial charge on any atom is -0.389 e. The molecule has 3 heteroatoms. The van der Waals surface area contributed by atoms with Crippen LogP contribution >= 0.6 is 0 Å². The van der Waals surface area contributed by atoms with Crippen molar-refractivity contribution in [3.63, 3.8) is 0 Å². The maximum Gasteiger partial charge on any atom is 0.0898 e. The van der Waals surface area contributed by atoms with Crippen LogP contribution in [0.15, 0.2) is 24.3 Å². The molecule has 0 spiro atoms. The fourth-order valence-corrected chi connectivity index (χ4v) is 2.86. The van der Waals surface area contributed by atoms with Crippen molar-refractivity contribution in [1.29, 1.82) is 0 Å². The third kappa shape index (κ3) is 4.58. The monoisotopic (exact) mass is 277 g/mol. The van der Waals surface area contributed by atoms with Crippen LogP contribution in [0.25, 0.3) is 0 Å². The molecule has 0 heterocycles. The van der Waals surface area contributed by atoms with Crippen LogP contribution in [-0.2, 0) is 4.74 Å². The highest BCUT2D eigenvalue weighted by Gasteiger charge is 2.17. The number of hydrogen-bond donors (Lipinski definition) is 2. The zero-order valence-electron chi connectivity index (χ0n) is 12.6. The number of benzene rings is 1. The van der Waals surface area contributed by atoms with E-state index in [1.807, 2.05) is 0 Å². The van der Waals surface area contributed by atoms with Crippen LogP contribution in [0.2, 0.25) is 0 Å². The van der Waals surface area contributed by atoms with Crippen molar-refractivity contribution in [3.8, 4) is 0 Å². The third-order valence-electron chi connectivity index (χ3n) is 4.14. The number of rotatable bonds is 7. The molecule has 2 atom stereocenters. The Hall–Kier alpha value is -0.900. The SMILES string of the molecule is Cc1ccccc1[C@@H](C)NCC(O)COC1CCCC1. The molecule has 0 radical (unpaired) electrons. The van der Waals surface area contributed by atoms with Crippen molar-refractivity contribution in [2.75, 3.05) is 13.2 Å². The second-order valence-electron chi connectivity index (χ2n) is 5.88. The van der Waals surface area contributed by atoms with Gasteiger partial charge in [-0.05, 0) is 37.8 Å². The normalized spacial score (nSPS) is 19.1. The molecule has 2 rings (SSSR count). The number of aliphatic hydroxyl groups is 1. The lowest BCUT2D eigenvalue weighted by Gasteiger charge is -2.20. The summed E-state index contributed by atoms with van der Waals surface area (Å²) in [5.41, 5.74) is 2.57. The maximum atomic E-state index is 9.99. The van der Waals surface area contributed by atoms with E-state index in [1.54, 1.807) is 0 Å². The van der Waals surface area contributed by atoms with Crippen LogP contribution in [0.5, 0.6) is 0 Å². The summed E-state index contributed by atoms with van der Waals surface area (Å²) in [6, 6.07) is 8.61. The molecule has 0 saturated heterocycles. The van der Waals surface area contributed by atoms with Crippen molar-refractivity contribution in [3.05, 3.63) is 35.4 Å². The molecule has 0 bridgehead atoms. The minimum absolute atomic E-state index is 0.248. The number of aliphatic hydroxyl groups excluding tert-OH is 1. The average Bonchev–Trinajstić information content (AvgIpc) is 2.96. The lowest BCUT2D eigenvalue weighted by Crippen LogP contribution is -2.33. The minimum atomic E-state index is -0.429. The van der Waals surface area contributed by atoms with E-state index in [9.17, 15) is 5.11 Å². The summed E-state index contributed by atoms with van der Waals surface area (Å²) in [6.07, 6.45) is 4.78. The number of aryl methyl sites for hydroxylation is 1. The fraction of sp³-hybridized carbons (Fsp3) is 0.647. The Labute approximate surface area is 122 Å². The highest BCUT2D eigenvalue weighted by atomic mass is 16.5. The molecular formula is C17H27NO2. The van der Waals surface area contributed by atoms with Crippen molar-refractivity contribution in [2.45, 2.75) is 57.8 Å². The average molecular weight is 277 g/mol. The molecule has 112 valence electrons. The number of nitrogens with one attached hydrogen (secondary N) is 1. The smallest absolute Gasteiger partial charge is 0.0898 e. The van der Waals surface area contributed by atoms with Crippen molar-refractivity contribution in [1.82, 2.24) is 5.32 Å². The molecule has 0 aliphatic heterocycles. The number of ether oxygens (including phenoxy) is 1. The van der Waals surface area contributed by atoms with Crippen molar-refractivity contribution < 1.29 is 9.84 Å². The maximum absolute atomic E-state index is 9.99. The number of hydrogen-bond acceptors (Lipinski definition) is 3. The van der Waals surface area contributed by atoms with Gasteiger partial charge < -0.3 is 15.2 Å². The molecule has 1 aromatic rings. The fourth-order valence-electron chi connectivity index (χ4n) is 2.86. The molecule has 0 aromatic heterocycles. The van der Waals surface area contributed by atoms with Gasteiger partial charge in [0.1, 0.15) is 0 Å². The van der Waals surface area contributed by atoms with E-state index in [4.69, 9.17) is 4.74 Å². The Kier molecular flexibility index (Phi) is 6.02. The zero-order chi connectivity index (χ0) is 14.4. The van der Waals surface area contributed by atoms with Crippen LogP contribution in [0.1, 0.15) is 49.8 Å².